The number of azide groups is 1. The minimum atomic E-state index is -4.97. The molecule has 10 atom stereocenters. The van der Waals surface area contributed by atoms with Crippen LogP contribution in [0.4, 0.5) is 0 Å². The maximum atomic E-state index is 11.9. The standard InChI is InChI=1S/C20H36N4O14S/c1-10(26)23-13-15(28)18(38-20-17(30)16(29)14(27)11(8-25)36-20)12(9-35-39(31,32)33)37-19(13)34-7-5-3-2-4-6-22-24-21/h11-20,25,27-30H,2-9H2,1H3,(H,23,26)(H,31,32,33)/t11-,12-,13-,14+,15-,16+,17-,18-,19-,20+/m1/s1. The molecular weight excluding hydrogens is 552 g/mol. The summed E-state index contributed by atoms with van der Waals surface area (Å²) in [5.74, 6) is -0.589. The van der Waals surface area contributed by atoms with Gasteiger partial charge in [0.25, 0.3) is 0 Å². The lowest BCUT2D eigenvalue weighted by Gasteiger charge is -2.47. The molecule has 0 aromatic heterocycles. The summed E-state index contributed by atoms with van der Waals surface area (Å²) in [4.78, 5) is 14.5. The van der Waals surface area contributed by atoms with Gasteiger partial charge < -0.3 is 49.8 Å². The molecule has 2 saturated heterocycles. The first-order valence-corrected chi connectivity index (χ1v) is 13.6. The number of hydrogen-bond donors (Lipinski definition) is 7. The molecule has 2 aliphatic rings. The molecule has 39 heavy (non-hydrogen) atoms. The number of ether oxygens (including phenoxy) is 4. The molecule has 7 N–H and O–H groups in total. The van der Waals surface area contributed by atoms with Crippen molar-refractivity contribution < 1.29 is 66.4 Å². The number of carbonyl (C=O) groups is 1. The number of aliphatic hydroxyl groups is 5. The summed E-state index contributed by atoms with van der Waals surface area (Å²) < 4.78 is 58.2. The number of nitrogens with zero attached hydrogens (tertiary/aromatic N) is 3. The van der Waals surface area contributed by atoms with Crippen LogP contribution in [0.5, 0.6) is 0 Å². The minimum Gasteiger partial charge on any atom is -0.394 e. The molecular formula is C20H36N4O14S. The molecule has 226 valence electrons. The summed E-state index contributed by atoms with van der Waals surface area (Å²) in [6.45, 7) is -0.0530. The van der Waals surface area contributed by atoms with E-state index in [1.54, 1.807) is 0 Å². The third kappa shape index (κ3) is 10.3. The Bertz CT molecular complexity index is 920. The van der Waals surface area contributed by atoms with Crippen LogP contribution < -0.4 is 5.32 Å². The van der Waals surface area contributed by atoms with E-state index in [9.17, 15) is 38.7 Å². The van der Waals surface area contributed by atoms with E-state index in [0.717, 1.165) is 13.3 Å². The molecule has 19 heteroatoms. The molecule has 2 rings (SSSR count). The van der Waals surface area contributed by atoms with Gasteiger partial charge in [-0.2, -0.15) is 8.42 Å². The van der Waals surface area contributed by atoms with Crippen LogP contribution in [0.25, 0.3) is 10.4 Å². The molecule has 0 aromatic carbocycles. The monoisotopic (exact) mass is 588 g/mol. The number of carbonyl (C=O) groups excluding carboxylic acids is 1. The van der Waals surface area contributed by atoms with Gasteiger partial charge in [0.15, 0.2) is 12.6 Å². The Labute approximate surface area is 224 Å². The van der Waals surface area contributed by atoms with E-state index in [4.69, 9.17) is 29.0 Å². The number of unbranched alkanes of at least 4 members (excludes halogenated alkanes) is 3. The predicted molar refractivity (Wildman–Crippen MR) is 127 cm³/mol. The predicted octanol–water partition coefficient (Wildman–Crippen LogP) is -2.53. The third-order valence-corrected chi connectivity index (χ3v) is 6.50. The minimum absolute atomic E-state index is 0.0963. The Morgan fingerprint density at radius 2 is 1.67 bits per heavy atom. The fourth-order valence-corrected chi connectivity index (χ4v) is 4.43. The van der Waals surface area contributed by atoms with Crippen LogP contribution >= 0.6 is 0 Å². The summed E-state index contributed by atoms with van der Waals surface area (Å²) in [5, 5.41) is 56.8. The highest BCUT2D eigenvalue weighted by molar-refractivity contribution is 7.80. The van der Waals surface area contributed by atoms with Crippen molar-refractivity contribution in [3.8, 4) is 0 Å². The van der Waals surface area contributed by atoms with Gasteiger partial charge in [0, 0.05) is 25.0 Å². The van der Waals surface area contributed by atoms with Crippen molar-refractivity contribution in [1.82, 2.24) is 5.32 Å². The normalized spacial score (nSPS) is 35.3. The van der Waals surface area contributed by atoms with Crippen LogP contribution in [-0.4, -0.2) is 132 Å². The van der Waals surface area contributed by atoms with E-state index < -0.39 is 90.9 Å². The smallest absolute Gasteiger partial charge is 0.394 e. The lowest BCUT2D eigenvalue weighted by atomic mass is 9.95. The molecule has 0 unspecified atom stereocenters. The van der Waals surface area contributed by atoms with Gasteiger partial charge in [-0.15, -0.1) is 0 Å². The van der Waals surface area contributed by atoms with Crippen LogP contribution in [0, 0.1) is 0 Å². The Balaban J connectivity index is 2.18. The molecule has 0 bridgehead atoms. The SMILES string of the molecule is CC(=O)N[C@H]1[C@H](OCCCCCCN=[N+]=[N-])O[C@H](COS(=O)(=O)O)[C@@H](O[C@@H]2O[C@H](CO)[C@H](O)[C@H](O)[C@H]2O)[C@@H]1O. The highest BCUT2D eigenvalue weighted by Gasteiger charge is 2.51. The highest BCUT2D eigenvalue weighted by Crippen LogP contribution is 2.30. The van der Waals surface area contributed by atoms with Crippen LogP contribution in [0.3, 0.4) is 0 Å². The molecule has 2 fully saturated rings. The van der Waals surface area contributed by atoms with E-state index in [-0.39, 0.29) is 6.61 Å². The van der Waals surface area contributed by atoms with Gasteiger partial charge in [-0.1, -0.05) is 18.0 Å². The van der Waals surface area contributed by atoms with Crippen LogP contribution in [0.15, 0.2) is 5.11 Å². The summed E-state index contributed by atoms with van der Waals surface area (Å²) in [6, 6.07) is -1.27. The molecule has 2 aliphatic heterocycles. The average molecular weight is 589 g/mol. The fourth-order valence-electron chi connectivity index (χ4n) is 4.12. The van der Waals surface area contributed by atoms with Crippen LogP contribution in [0.2, 0.25) is 0 Å². The van der Waals surface area contributed by atoms with Crippen molar-refractivity contribution in [2.24, 2.45) is 5.11 Å². The van der Waals surface area contributed by atoms with Gasteiger partial charge in [-0.25, -0.2) is 4.18 Å². The molecule has 0 spiro atoms. The van der Waals surface area contributed by atoms with Crippen LogP contribution in [0.1, 0.15) is 32.6 Å². The molecule has 0 aliphatic carbocycles. The second kappa shape index (κ2) is 15.9. The number of nitrogens with one attached hydrogen (secondary N) is 1. The molecule has 0 saturated carbocycles. The van der Waals surface area contributed by atoms with Crippen molar-refractivity contribution in [3.63, 3.8) is 0 Å². The van der Waals surface area contributed by atoms with E-state index >= 15 is 0 Å². The number of aliphatic hydroxyl groups excluding tert-OH is 5. The van der Waals surface area contributed by atoms with E-state index in [0.29, 0.717) is 25.8 Å². The van der Waals surface area contributed by atoms with Crippen molar-refractivity contribution >= 4 is 16.3 Å². The Kier molecular flexibility index (Phi) is 13.7. The van der Waals surface area contributed by atoms with Gasteiger partial charge in [0.1, 0.15) is 48.8 Å². The first kappa shape index (κ1) is 33.5. The molecule has 0 radical (unpaired) electrons. The lowest BCUT2D eigenvalue weighted by Crippen LogP contribution is -2.67. The third-order valence-electron chi connectivity index (χ3n) is 6.06. The topological polar surface area (TPSA) is 280 Å². The Hall–Kier alpha value is -1.71. The summed E-state index contributed by atoms with van der Waals surface area (Å²) in [6.07, 6.45) is -12.0. The van der Waals surface area contributed by atoms with Gasteiger partial charge in [0.05, 0.1) is 13.2 Å². The Morgan fingerprint density at radius 3 is 2.28 bits per heavy atom. The second-order valence-electron chi connectivity index (χ2n) is 9.01. The van der Waals surface area contributed by atoms with Gasteiger partial charge in [0.2, 0.25) is 5.91 Å². The zero-order valence-corrected chi connectivity index (χ0v) is 21.9. The highest BCUT2D eigenvalue weighted by atomic mass is 32.3. The van der Waals surface area contributed by atoms with E-state index in [2.05, 4.69) is 19.5 Å². The fraction of sp³-hybridized carbons (Fsp3) is 0.950. The number of rotatable bonds is 15. The van der Waals surface area contributed by atoms with Gasteiger partial charge >= 0.3 is 10.4 Å². The van der Waals surface area contributed by atoms with Crippen LogP contribution in [-0.2, 0) is 38.3 Å². The van der Waals surface area contributed by atoms with E-state index in [1.165, 1.54) is 0 Å². The average Bonchev–Trinajstić information content (AvgIpc) is 2.87. The van der Waals surface area contributed by atoms with Crippen molar-refractivity contribution in [3.05, 3.63) is 10.4 Å². The quantitative estimate of drug-likeness (QED) is 0.0341. The second-order valence-corrected chi connectivity index (χ2v) is 10.1. The maximum absolute atomic E-state index is 11.9. The summed E-state index contributed by atoms with van der Waals surface area (Å²) >= 11 is 0. The van der Waals surface area contributed by atoms with E-state index in [1.807, 2.05) is 0 Å². The number of amides is 1. The summed E-state index contributed by atoms with van der Waals surface area (Å²) in [5.41, 5.74) is 8.29. The molecule has 2 heterocycles. The zero-order valence-electron chi connectivity index (χ0n) is 21.1. The molecule has 18 nitrogen and oxygen atoms in total. The maximum Gasteiger partial charge on any atom is 0.397 e. The van der Waals surface area contributed by atoms with Gasteiger partial charge in [-0.05, 0) is 18.4 Å². The van der Waals surface area contributed by atoms with Crippen molar-refractivity contribution in [2.45, 2.75) is 94.0 Å². The molecule has 1 amide bonds. The summed E-state index contributed by atoms with van der Waals surface area (Å²) in [7, 11) is -4.97. The zero-order chi connectivity index (χ0) is 29.2. The lowest BCUT2D eigenvalue weighted by molar-refractivity contribution is -0.347. The first-order chi connectivity index (χ1) is 18.4. The Morgan fingerprint density at radius 1 is 1.00 bits per heavy atom. The molecule has 0 aromatic rings. The van der Waals surface area contributed by atoms with Crippen molar-refractivity contribution in [2.75, 3.05) is 26.4 Å². The first-order valence-electron chi connectivity index (χ1n) is 12.2. The largest absolute Gasteiger partial charge is 0.397 e. The van der Waals surface area contributed by atoms with Gasteiger partial charge in [-0.3, -0.25) is 9.35 Å². The number of hydrogen-bond acceptors (Lipinski definition) is 14. The van der Waals surface area contributed by atoms with Crippen molar-refractivity contribution in [1.29, 1.82) is 0 Å².